The van der Waals surface area contributed by atoms with Gasteiger partial charge in [-0.2, -0.15) is 0 Å². The Bertz CT molecular complexity index is 59.1. The summed E-state index contributed by atoms with van der Waals surface area (Å²) >= 11 is 0. The van der Waals surface area contributed by atoms with E-state index in [2.05, 4.69) is 26.3 Å². The predicted octanol–water partition coefficient (Wildman–Crippen LogP) is 4.88. The number of rotatable bonds is 0. The first-order valence-corrected chi connectivity index (χ1v) is 3.94. The van der Waals surface area contributed by atoms with Crippen molar-refractivity contribution in [2.45, 2.75) is 27.7 Å². The van der Waals surface area contributed by atoms with Crippen molar-refractivity contribution in [2.75, 3.05) is 0 Å². The molecule has 72 valence electrons. The maximum Gasteiger partial charge on any atom is 1.00 e. The van der Waals surface area contributed by atoms with Crippen molar-refractivity contribution in [3.63, 3.8) is 0 Å². The summed E-state index contributed by atoms with van der Waals surface area (Å²) in [6, 6.07) is 0. The highest BCUT2D eigenvalue weighted by Crippen LogP contribution is 1.39. The quantitative estimate of drug-likeness (QED) is 0.453. The van der Waals surface area contributed by atoms with Gasteiger partial charge in [0.05, 0.1) is 0 Å². The first kappa shape index (κ1) is 22.4. The van der Waals surface area contributed by atoms with Gasteiger partial charge in [-0.15, -0.1) is 26.3 Å². The molecule has 0 radical (unpaired) electrons. The third-order valence-corrected chi connectivity index (χ3v) is 0. The van der Waals surface area contributed by atoms with Gasteiger partial charge < -0.3 is 0 Å². The van der Waals surface area contributed by atoms with Crippen LogP contribution in [0.2, 0.25) is 0 Å². The van der Waals surface area contributed by atoms with E-state index in [9.17, 15) is 0 Å². The van der Waals surface area contributed by atoms with Crippen LogP contribution in [0, 0.1) is 0 Å². The smallest absolute Gasteiger partial charge is 0.103 e. The summed E-state index contributed by atoms with van der Waals surface area (Å²) in [6.45, 7) is 21.0. The second-order valence-corrected chi connectivity index (χ2v) is 1.63. The second kappa shape index (κ2) is 91.3. The third kappa shape index (κ3) is 525. The van der Waals surface area contributed by atoms with Gasteiger partial charge in [0.1, 0.15) is 0 Å². The van der Waals surface area contributed by atoms with Crippen molar-refractivity contribution in [1.82, 2.24) is 0 Å². The molecule has 0 aromatic carbocycles. The maximum absolute atomic E-state index is 3.36. The van der Waals surface area contributed by atoms with Gasteiger partial charge >= 0.3 is 1.43 Å². The van der Waals surface area contributed by atoms with Crippen molar-refractivity contribution in [3.05, 3.63) is 50.6 Å². The molecule has 0 aromatic rings. The fourth-order valence-electron chi connectivity index (χ4n) is 0. The molecule has 12 heavy (non-hydrogen) atoms. The number of hydrogen-bond donors (Lipinski definition) is 0. The van der Waals surface area contributed by atoms with Gasteiger partial charge in [0.25, 0.3) is 0 Å². The van der Waals surface area contributed by atoms with Gasteiger partial charge in [0.2, 0.25) is 0 Å². The molecular formula is C12H25+. The lowest BCUT2D eigenvalue weighted by atomic mass is 10.8. The van der Waals surface area contributed by atoms with Crippen LogP contribution in [0.5, 0.6) is 0 Å². The van der Waals surface area contributed by atoms with Crippen molar-refractivity contribution in [1.29, 1.82) is 0 Å². The predicted molar refractivity (Wildman–Crippen MR) is 64.6 cm³/mol. The Morgan fingerprint density at radius 2 is 0.583 bits per heavy atom. The summed E-state index contributed by atoms with van der Waals surface area (Å²) in [7, 11) is 0. The highest BCUT2D eigenvalue weighted by Gasteiger charge is 1.15. The summed E-state index contributed by atoms with van der Waals surface area (Å²) in [4.78, 5) is 0. The Labute approximate surface area is 80.5 Å². The maximum atomic E-state index is 3.36. The van der Waals surface area contributed by atoms with Crippen LogP contribution in [0.4, 0.5) is 0 Å². The summed E-state index contributed by atoms with van der Waals surface area (Å²) in [5.41, 5.74) is 0. The lowest BCUT2D eigenvalue weighted by Crippen LogP contribution is -1.07. The molecule has 0 aliphatic heterocycles. The Morgan fingerprint density at radius 3 is 0.583 bits per heavy atom. The van der Waals surface area contributed by atoms with Gasteiger partial charge in [0.15, 0.2) is 0 Å². The van der Waals surface area contributed by atoms with Crippen LogP contribution in [-0.2, 0) is 0 Å². The first-order chi connectivity index (χ1) is 5.66. The first-order valence-electron chi connectivity index (χ1n) is 3.94. The van der Waals surface area contributed by atoms with Crippen molar-refractivity contribution in [3.8, 4) is 0 Å². The van der Waals surface area contributed by atoms with Crippen LogP contribution in [0.15, 0.2) is 50.6 Å². The third-order valence-electron chi connectivity index (χ3n) is 0. The van der Waals surface area contributed by atoms with E-state index in [-0.39, 0.29) is 1.43 Å². The zero-order valence-corrected chi connectivity index (χ0v) is 9.14. The summed E-state index contributed by atoms with van der Waals surface area (Å²) in [5, 5.41) is 0. The van der Waals surface area contributed by atoms with E-state index >= 15 is 0 Å². The number of allylic oxidation sites excluding steroid dienone is 4. The van der Waals surface area contributed by atoms with Gasteiger partial charge in [0, 0.05) is 0 Å². The molecule has 0 aliphatic rings. The lowest BCUT2D eigenvalue weighted by molar-refractivity contribution is 1.80. The Morgan fingerprint density at radius 1 is 0.583 bits per heavy atom. The molecule has 0 amide bonds. The molecule has 0 fully saturated rings. The van der Waals surface area contributed by atoms with E-state index in [1.165, 1.54) is 0 Å². The second-order valence-electron chi connectivity index (χ2n) is 1.63. The molecule has 0 nitrogen and oxygen atoms in total. The van der Waals surface area contributed by atoms with E-state index in [1.54, 1.807) is 24.3 Å². The zero-order chi connectivity index (χ0) is 10.8. The summed E-state index contributed by atoms with van der Waals surface area (Å²) in [5.74, 6) is 0. The van der Waals surface area contributed by atoms with Crippen LogP contribution in [0.1, 0.15) is 29.1 Å². The minimum atomic E-state index is 0. The van der Waals surface area contributed by atoms with Crippen LogP contribution >= 0.6 is 0 Å². The molecule has 0 rings (SSSR count). The fraction of sp³-hybridized carbons (Fsp3) is 0.333. The van der Waals surface area contributed by atoms with Gasteiger partial charge in [-0.1, -0.05) is 24.3 Å². The molecule has 0 N–H and O–H groups in total. The summed E-state index contributed by atoms with van der Waals surface area (Å²) in [6.07, 6.45) is 7.00. The highest BCUT2D eigenvalue weighted by atomic mass is 13.2. The molecule has 0 aliphatic carbocycles. The van der Waals surface area contributed by atoms with Crippen LogP contribution in [0.3, 0.4) is 0 Å². The van der Waals surface area contributed by atoms with Crippen LogP contribution in [-0.4, -0.2) is 0 Å². The van der Waals surface area contributed by atoms with Crippen LogP contribution in [0.25, 0.3) is 0 Å². The minimum Gasteiger partial charge on any atom is -0.103 e. The molecule has 0 spiro atoms. The molecule has 0 heterocycles. The standard InChI is InChI=1S/4C3H6/c4*1-3-2/h4*3H,1H2,2H3/p+1. The van der Waals surface area contributed by atoms with E-state index in [0.717, 1.165) is 0 Å². The lowest BCUT2D eigenvalue weighted by Gasteiger charge is -1.31. The molecule has 0 saturated heterocycles. The molecule has 0 aromatic heterocycles. The van der Waals surface area contributed by atoms with Gasteiger partial charge in [-0.25, -0.2) is 0 Å². The SMILES string of the molecule is C=CC.C=CC.C=CC.C=CC.[H+]. The molecule has 0 saturated carbocycles. The van der Waals surface area contributed by atoms with Crippen molar-refractivity contribution in [2.24, 2.45) is 0 Å². The van der Waals surface area contributed by atoms with E-state index in [0.29, 0.717) is 0 Å². The molecular weight excluding hydrogens is 144 g/mol. The van der Waals surface area contributed by atoms with E-state index < -0.39 is 0 Å². The summed E-state index contributed by atoms with van der Waals surface area (Å²) < 4.78 is 0. The number of hydrogen-bond acceptors (Lipinski definition) is 0. The average Bonchev–Trinajstić information content (AvgIpc) is 1.92. The zero-order valence-electron chi connectivity index (χ0n) is 10.1. The van der Waals surface area contributed by atoms with Crippen molar-refractivity contribution >= 4 is 0 Å². The Hall–Kier alpha value is -1.04. The normalized spacial score (nSPS) is 4.33. The highest BCUT2D eigenvalue weighted by molar-refractivity contribution is 4.52. The largest absolute Gasteiger partial charge is 1.00 e. The minimum absolute atomic E-state index is 0. The Balaban J connectivity index is -0.0000000213. The Kier molecular flexibility index (Phi) is 171. The molecule has 0 atom stereocenters. The van der Waals surface area contributed by atoms with E-state index in [1.807, 2.05) is 27.7 Å². The van der Waals surface area contributed by atoms with Gasteiger partial charge in [-0.05, 0) is 27.7 Å². The monoisotopic (exact) mass is 169 g/mol. The van der Waals surface area contributed by atoms with Gasteiger partial charge in [-0.3, -0.25) is 0 Å². The molecule has 0 heteroatoms. The molecule has 0 bridgehead atoms. The van der Waals surface area contributed by atoms with Crippen LogP contribution < -0.4 is 0 Å². The average molecular weight is 169 g/mol. The molecule has 0 unspecified atom stereocenters. The van der Waals surface area contributed by atoms with Crippen molar-refractivity contribution < 1.29 is 1.43 Å². The fourth-order valence-corrected chi connectivity index (χ4v) is 0. The van der Waals surface area contributed by atoms with E-state index in [4.69, 9.17) is 0 Å². The topological polar surface area (TPSA) is 0 Å².